The molecule has 0 saturated heterocycles. The number of hydrogen-bond acceptors (Lipinski definition) is 1. The summed E-state index contributed by atoms with van der Waals surface area (Å²) in [6.07, 6.45) is 0.834. The van der Waals surface area contributed by atoms with Crippen molar-refractivity contribution in [1.29, 1.82) is 0 Å². The van der Waals surface area contributed by atoms with Gasteiger partial charge in [-0.05, 0) is 44.3 Å². The lowest BCUT2D eigenvalue weighted by Gasteiger charge is -2.06. The maximum atomic E-state index is 6.74. The van der Waals surface area contributed by atoms with Crippen molar-refractivity contribution < 1.29 is 4.42 Å². The number of rotatable bonds is 3. The average molecular weight is 435 g/mol. The van der Waals surface area contributed by atoms with Crippen molar-refractivity contribution in [3.8, 4) is 11.1 Å². The average Bonchev–Trinajstić information content (AvgIpc) is 3.30. The molecule has 0 radical (unpaired) electrons. The van der Waals surface area contributed by atoms with E-state index >= 15 is 0 Å². The van der Waals surface area contributed by atoms with Crippen molar-refractivity contribution in [2.24, 2.45) is 0 Å². The van der Waals surface area contributed by atoms with Crippen molar-refractivity contribution in [2.45, 2.75) is 6.42 Å². The van der Waals surface area contributed by atoms with Crippen LogP contribution in [0.15, 0.2) is 126 Å². The van der Waals surface area contributed by atoms with Gasteiger partial charge in [0.05, 0.1) is 0 Å². The van der Waals surface area contributed by atoms with Crippen molar-refractivity contribution in [2.75, 3.05) is 0 Å². The van der Waals surface area contributed by atoms with Crippen LogP contribution in [-0.4, -0.2) is 0 Å². The molecule has 0 aliphatic rings. The molecule has 7 aromatic rings. The molecule has 0 atom stereocenters. The molecule has 0 fully saturated rings. The molecule has 0 saturated carbocycles. The summed E-state index contributed by atoms with van der Waals surface area (Å²) in [6.45, 7) is 0. The topological polar surface area (TPSA) is 13.1 Å². The largest absolute Gasteiger partial charge is 0.455 e. The Hall–Kier alpha value is -4.36. The fraction of sp³-hybridized carbons (Fsp3) is 0.0303. The van der Waals surface area contributed by atoms with E-state index in [2.05, 4.69) is 121 Å². The Morgan fingerprint density at radius 3 is 2.12 bits per heavy atom. The third-order valence-corrected chi connectivity index (χ3v) is 6.86. The Kier molecular flexibility index (Phi) is 4.28. The van der Waals surface area contributed by atoms with Gasteiger partial charge >= 0.3 is 0 Å². The fourth-order valence-corrected chi connectivity index (χ4v) is 5.25. The molecular formula is C33H22O. The van der Waals surface area contributed by atoms with Crippen molar-refractivity contribution in [3.63, 3.8) is 0 Å². The van der Waals surface area contributed by atoms with Crippen LogP contribution < -0.4 is 0 Å². The highest BCUT2D eigenvalue weighted by molar-refractivity contribution is 6.22. The van der Waals surface area contributed by atoms with Gasteiger partial charge in [0.2, 0.25) is 0 Å². The quantitative estimate of drug-likeness (QED) is 0.270. The molecule has 0 spiro atoms. The van der Waals surface area contributed by atoms with E-state index in [9.17, 15) is 0 Å². The predicted molar refractivity (Wildman–Crippen MR) is 143 cm³/mol. The molecule has 1 aromatic heterocycles. The predicted octanol–water partition coefficient (Wildman–Crippen LogP) is 9.15. The summed E-state index contributed by atoms with van der Waals surface area (Å²) in [6, 6.07) is 43.3. The van der Waals surface area contributed by atoms with Crippen molar-refractivity contribution in [1.82, 2.24) is 0 Å². The second-order valence-electron chi connectivity index (χ2n) is 8.97. The molecule has 0 bridgehead atoms. The summed E-state index contributed by atoms with van der Waals surface area (Å²) >= 11 is 0. The van der Waals surface area contributed by atoms with E-state index in [0.29, 0.717) is 0 Å². The van der Waals surface area contributed by atoms with E-state index in [1.807, 2.05) is 0 Å². The van der Waals surface area contributed by atoms with Gasteiger partial charge in [-0.1, -0.05) is 115 Å². The summed E-state index contributed by atoms with van der Waals surface area (Å²) in [4.78, 5) is 0. The summed E-state index contributed by atoms with van der Waals surface area (Å²) < 4.78 is 6.74. The smallest absolute Gasteiger partial charge is 0.143 e. The third-order valence-electron chi connectivity index (χ3n) is 6.86. The van der Waals surface area contributed by atoms with Gasteiger partial charge in [-0.15, -0.1) is 0 Å². The van der Waals surface area contributed by atoms with Crippen LogP contribution in [0.3, 0.4) is 0 Å². The standard InChI is InChI=1S/C33H22O/c1-2-10-24(11-3-1)30-21-26-13-6-7-15-28(26)31-29-16-8-14-27(32(29)34-33(30)31)20-22-17-18-23-9-4-5-12-25(23)19-22/h1-19,21H,20H2. The summed E-state index contributed by atoms with van der Waals surface area (Å²) in [7, 11) is 0. The van der Waals surface area contributed by atoms with Gasteiger partial charge < -0.3 is 4.42 Å². The zero-order valence-electron chi connectivity index (χ0n) is 18.7. The zero-order chi connectivity index (χ0) is 22.5. The minimum Gasteiger partial charge on any atom is -0.455 e. The number of benzene rings is 6. The fourth-order valence-electron chi connectivity index (χ4n) is 5.25. The number of para-hydroxylation sites is 1. The van der Waals surface area contributed by atoms with Crippen LogP contribution in [0.2, 0.25) is 0 Å². The highest BCUT2D eigenvalue weighted by Gasteiger charge is 2.18. The molecule has 1 heterocycles. The van der Waals surface area contributed by atoms with Crippen LogP contribution in [0.25, 0.3) is 54.6 Å². The maximum absolute atomic E-state index is 6.74. The van der Waals surface area contributed by atoms with Crippen LogP contribution in [0.4, 0.5) is 0 Å². The highest BCUT2D eigenvalue weighted by atomic mass is 16.3. The zero-order valence-corrected chi connectivity index (χ0v) is 18.7. The lowest BCUT2D eigenvalue weighted by atomic mass is 9.95. The van der Waals surface area contributed by atoms with Crippen LogP contribution in [-0.2, 0) is 6.42 Å². The Morgan fingerprint density at radius 2 is 1.24 bits per heavy atom. The minimum atomic E-state index is 0.834. The first-order valence-electron chi connectivity index (χ1n) is 11.7. The van der Waals surface area contributed by atoms with Crippen LogP contribution in [0, 0.1) is 0 Å². The first-order valence-corrected chi connectivity index (χ1v) is 11.7. The SMILES string of the molecule is c1ccc(-c2cc3ccccc3c3c2oc2c(Cc4ccc5ccccc5c4)cccc23)cc1. The molecule has 0 amide bonds. The van der Waals surface area contributed by atoms with Gasteiger partial charge in [0.15, 0.2) is 0 Å². The van der Waals surface area contributed by atoms with E-state index in [-0.39, 0.29) is 0 Å². The van der Waals surface area contributed by atoms with Gasteiger partial charge in [-0.2, -0.15) is 0 Å². The second kappa shape index (κ2) is 7.60. The Balaban J connectivity index is 1.49. The first kappa shape index (κ1) is 19.1. The van der Waals surface area contributed by atoms with E-state index in [4.69, 9.17) is 4.42 Å². The van der Waals surface area contributed by atoms with Crippen molar-refractivity contribution >= 4 is 43.5 Å². The number of furan rings is 1. The molecule has 1 nitrogen and oxygen atoms in total. The van der Waals surface area contributed by atoms with Gasteiger partial charge in [-0.3, -0.25) is 0 Å². The molecule has 0 N–H and O–H groups in total. The first-order chi connectivity index (χ1) is 16.8. The second-order valence-corrected chi connectivity index (χ2v) is 8.97. The van der Waals surface area contributed by atoms with Crippen LogP contribution >= 0.6 is 0 Å². The maximum Gasteiger partial charge on any atom is 0.143 e. The van der Waals surface area contributed by atoms with E-state index in [1.165, 1.54) is 49.0 Å². The van der Waals surface area contributed by atoms with E-state index in [1.54, 1.807) is 0 Å². The summed E-state index contributed by atoms with van der Waals surface area (Å²) in [5.41, 5.74) is 6.77. The molecule has 0 aliphatic heterocycles. The molecule has 1 heteroatoms. The molecule has 160 valence electrons. The normalized spacial score (nSPS) is 11.6. The van der Waals surface area contributed by atoms with Gasteiger partial charge in [-0.25, -0.2) is 0 Å². The Morgan fingerprint density at radius 1 is 0.500 bits per heavy atom. The van der Waals surface area contributed by atoms with Crippen molar-refractivity contribution in [3.05, 3.63) is 132 Å². The lowest BCUT2D eigenvalue weighted by molar-refractivity contribution is 0.665. The third kappa shape index (κ3) is 3.02. The Labute approximate surface area is 197 Å². The molecule has 6 aromatic carbocycles. The lowest BCUT2D eigenvalue weighted by Crippen LogP contribution is -1.89. The van der Waals surface area contributed by atoms with Crippen LogP contribution in [0.5, 0.6) is 0 Å². The molecule has 34 heavy (non-hydrogen) atoms. The number of fused-ring (bicyclic) bond motifs is 6. The van der Waals surface area contributed by atoms with Gasteiger partial charge in [0, 0.05) is 22.8 Å². The van der Waals surface area contributed by atoms with Crippen LogP contribution in [0.1, 0.15) is 11.1 Å². The summed E-state index contributed by atoms with van der Waals surface area (Å²) in [5.74, 6) is 0. The Bertz CT molecular complexity index is 1820. The minimum absolute atomic E-state index is 0.834. The molecular weight excluding hydrogens is 412 g/mol. The van der Waals surface area contributed by atoms with Gasteiger partial charge in [0.25, 0.3) is 0 Å². The summed E-state index contributed by atoms with van der Waals surface area (Å²) in [5, 5.41) is 7.39. The molecule has 7 rings (SSSR count). The highest BCUT2D eigenvalue weighted by Crippen LogP contribution is 2.42. The molecule has 0 aliphatic carbocycles. The molecule has 0 unspecified atom stereocenters. The van der Waals surface area contributed by atoms with E-state index in [0.717, 1.165) is 23.2 Å². The van der Waals surface area contributed by atoms with Gasteiger partial charge in [0.1, 0.15) is 11.2 Å². The number of hydrogen-bond donors (Lipinski definition) is 0. The van der Waals surface area contributed by atoms with E-state index < -0.39 is 0 Å². The monoisotopic (exact) mass is 434 g/mol.